The van der Waals surface area contributed by atoms with Crippen LogP contribution in [0.3, 0.4) is 0 Å². The molecule has 22 heavy (non-hydrogen) atoms. The van der Waals surface area contributed by atoms with Gasteiger partial charge in [0.25, 0.3) is 0 Å². The van der Waals surface area contributed by atoms with Crippen molar-refractivity contribution in [1.82, 2.24) is 10.6 Å². The van der Waals surface area contributed by atoms with E-state index in [0.29, 0.717) is 10.0 Å². The van der Waals surface area contributed by atoms with E-state index in [1.807, 2.05) is 26.8 Å². The van der Waals surface area contributed by atoms with Crippen LogP contribution in [0.5, 0.6) is 0 Å². The predicted molar refractivity (Wildman–Crippen MR) is 89.5 cm³/mol. The highest BCUT2D eigenvalue weighted by Crippen LogP contribution is 2.38. The lowest BCUT2D eigenvalue weighted by Crippen LogP contribution is -2.44. The van der Waals surface area contributed by atoms with Crippen LogP contribution in [0.1, 0.15) is 44.4 Å². The number of carbonyl (C=O) groups excluding carboxylic acids is 1. The van der Waals surface area contributed by atoms with Crippen LogP contribution in [-0.2, 0) is 6.42 Å². The van der Waals surface area contributed by atoms with Crippen LogP contribution in [0, 0.1) is 5.41 Å². The Kier molecular flexibility index (Phi) is 5.25. The first-order valence-corrected chi connectivity index (χ1v) is 8.15. The summed E-state index contributed by atoms with van der Waals surface area (Å²) in [6, 6.07) is 3.30. The molecule has 0 bridgehead atoms. The Hall–Kier alpha value is -0.970. The van der Waals surface area contributed by atoms with Crippen LogP contribution in [0.15, 0.2) is 12.1 Å². The topological polar surface area (TPSA) is 61.4 Å². The van der Waals surface area contributed by atoms with Crippen molar-refractivity contribution in [3.8, 4) is 0 Å². The van der Waals surface area contributed by atoms with E-state index in [4.69, 9.17) is 23.2 Å². The second-order valence-electron chi connectivity index (χ2n) is 6.76. The van der Waals surface area contributed by atoms with E-state index < -0.39 is 6.10 Å². The smallest absolute Gasteiger partial charge is 0.315 e. The minimum atomic E-state index is -0.595. The van der Waals surface area contributed by atoms with Gasteiger partial charge in [0.2, 0.25) is 0 Å². The van der Waals surface area contributed by atoms with Crippen molar-refractivity contribution in [2.75, 3.05) is 6.54 Å². The van der Waals surface area contributed by atoms with Crippen molar-refractivity contribution >= 4 is 29.2 Å². The maximum atomic E-state index is 12.0. The summed E-state index contributed by atoms with van der Waals surface area (Å²) in [6.07, 6.45) is 0.997. The molecule has 122 valence electrons. The third-order valence-electron chi connectivity index (χ3n) is 4.05. The lowest BCUT2D eigenvalue weighted by atomic mass is 9.89. The first-order valence-electron chi connectivity index (χ1n) is 7.39. The molecule has 2 amide bonds. The molecule has 0 saturated carbocycles. The van der Waals surface area contributed by atoms with E-state index in [-0.39, 0.29) is 24.0 Å². The first-order chi connectivity index (χ1) is 10.2. The highest BCUT2D eigenvalue weighted by atomic mass is 35.5. The normalized spacial score (nSPS) is 18.7. The molecule has 0 saturated heterocycles. The van der Waals surface area contributed by atoms with Gasteiger partial charge in [-0.3, -0.25) is 0 Å². The summed E-state index contributed by atoms with van der Waals surface area (Å²) in [7, 11) is 0. The number of nitrogens with one attached hydrogen (secondary N) is 2. The van der Waals surface area contributed by atoms with Gasteiger partial charge >= 0.3 is 6.03 Å². The molecule has 2 rings (SSSR count). The minimum Gasteiger partial charge on any atom is -0.391 e. The maximum absolute atomic E-state index is 12.0. The Balaban J connectivity index is 1.94. The summed E-state index contributed by atoms with van der Waals surface area (Å²) < 4.78 is 0. The zero-order chi connectivity index (χ0) is 16.5. The molecule has 2 unspecified atom stereocenters. The van der Waals surface area contributed by atoms with E-state index >= 15 is 0 Å². The summed E-state index contributed by atoms with van der Waals surface area (Å²) in [5, 5.41) is 16.7. The number of halogens is 2. The van der Waals surface area contributed by atoms with Crippen LogP contribution >= 0.6 is 23.2 Å². The molecule has 1 aliphatic rings. The van der Waals surface area contributed by atoms with Gasteiger partial charge in [0.1, 0.15) is 0 Å². The molecule has 0 fully saturated rings. The SMILES string of the molecule is CC(C)(C)C(O)CNC(=O)NC1CCc2c1ccc(Cl)c2Cl. The van der Waals surface area contributed by atoms with Crippen molar-refractivity contribution in [3.63, 3.8) is 0 Å². The summed E-state index contributed by atoms with van der Waals surface area (Å²) in [6.45, 7) is 6.00. The molecular weight excluding hydrogens is 323 g/mol. The Labute approximate surface area is 141 Å². The van der Waals surface area contributed by atoms with Gasteiger partial charge in [-0.1, -0.05) is 50.0 Å². The van der Waals surface area contributed by atoms with E-state index in [0.717, 1.165) is 24.0 Å². The number of urea groups is 1. The zero-order valence-electron chi connectivity index (χ0n) is 13.0. The van der Waals surface area contributed by atoms with Crippen LogP contribution in [0.25, 0.3) is 0 Å². The summed E-state index contributed by atoms with van der Waals surface area (Å²) in [4.78, 5) is 12.0. The highest BCUT2D eigenvalue weighted by Gasteiger charge is 2.27. The number of hydrogen-bond acceptors (Lipinski definition) is 2. The molecule has 2 atom stereocenters. The molecule has 1 aromatic carbocycles. The van der Waals surface area contributed by atoms with Gasteiger partial charge in [0.05, 0.1) is 22.2 Å². The van der Waals surface area contributed by atoms with Gasteiger partial charge in [-0.25, -0.2) is 4.79 Å². The summed E-state index contributed by atoms with van der Waals surface area (Å²) >= 11 is 12.2. The lowest BCUT2D eigenvalue weighted by Gasteiger charge is -2.26. The van der Waals surface area contributed by atoms with E-state index in [9.17, 15) is 9.90 Å². The Morgan fingerprint density at radius 3 is 2.73 bits per heavy atom. The monoisotopic (exact) mass is 344 g/mol. The molecule has 0 aliphatic heterocycles. The fourth-order valence-electron chi connectivity index (χ4n) is 2.49. The number of hydrogen-bond donors (Lipinski definition) is 3. The summed E-state index contributed by atoms with van der Waals surface area (Å²) in [5.41, 5.74) is 1.76. The quantitative estimate of drug-likeness (QED) is 0.782. The number of aliphatic hydroxyl groups is 1. The van der Waals surface area contributed by atoms with E-state index in [1.165, 1.54) is 0 Å². The molecule has 0 heterocycles. The maximum Gasteiger partial charge on any atom is 0.315 e. The fraction of sp³-hybridized carbons (Fsp3) is 0.562. The molecule has 6 heteroatoms. The number of carbonyl (C=O) groups is 1. The molecule has 3 N–H and O–H groups in total. The predicted octanol–water partition coefficient (Wildman–Crippen LogP) is 3.69. The Morgan fingerprint density at radius 2 is 2.09 bits per heavy atom. The van der Waals surface area contributed by atoms with Gasteiger partial charge in [-0.2, -0.15) is 0 Å². The van der Waals surface area contributed by atoms with E-state index in [2.05, 4.69) is 10.6 Å². The van der Waals surface area contributed by atoms with Crippen molar-refractivity contribution in [2.24, 2.45) is 5.41 Å². The number of rotatable bonds is 3. The summed E-state index contributed by atoms with van der Waals surface area (Å²) in [5.74, 6) is 0. The molecule has 0 aromatic heterocycles. The van der Waals surface area contributed by atoms with Gasteiger partial charge in [-0.15, -0.1) is 0 Å². The second-order valence-corrected chi connectivity index (χ2v) is 7.54. The van der Waals surface area contributed by atoms with E-state index in [1.54, 1.807) is 6.07 Å². The Morgan fingerprint density at radius 1 is 1.41 bits per heavy atom. The number of benzene rings is 1. The van der Waals surface area contributed by atoms with Crippen molar-refractivity contribution < 1.29 is 9.90 Å². The minimum absolute atomic E-state index is 0.0726. The van der Waals surface area contributed by atoms with Crippen molar-refractivity contribution in [1.29, 1.82) is 0 Å². The van der Waals surface area contributed by atoms with Crippen LogP contribution in [-0.4, -0.2) is 23.8 Å². The molecule has 0 spiro atoms. The van der Waals surface area contributed by atoms with Crippen LogP contribution in [0.4, 0.5) is 4.79 Å². The number of fused-ring (bicyclic) bond motifs is 1. The average molecular weight is 345 g/mol. The molecule has 1 aliphatic carbocycles. The Bertz CT molecular complexity index is 570. The van der Waals surface area contributed by atoms with Crippen LogP contribution in [0.2, 0.25) is 10.0 Å². The molecular formula is C16H22Cl2N2O2. The highest BCUT2D eigenvalue weighted by molar-refractivity contribution is 6.42. The van der Waals surface area contributed by atoms with Crippen LogP contribution < -0.4 is 10.6 Å². The molecule has 4 nitrogen and oxygen atoms in total. The number of amides is 2. The number of aliphatic hydroxyl groups excluding tert-OH is 1. The lowest BCUT2D eigenvalue weighted by molar-refractivity contribution is 0.0649. The first kappa shape index (κ1) is 17.4. The fourth-order valence-corrected chi connectivity index (χ4v) is 2.93. The molecule has 0 radical (unpaired) electrons. The van der Waals surface area contributed by atoms with Gasteiger partial charge < -0.3 is 15.7 Å². The van der Waals surface area contributed by atoms with Crippen molar-refractivity contribution in [2.45, 2.75) is 45.8 Å². The molecule has 1 aromatic rings. The van der Waals surface area contributed by atoms with Gasteiger partial charge in [0.15, 0.2) is 0 Å². The third-order valence-corrected chi connectivity index (χ3v) is 4.90. The average Bonchev–Trinajstić information content (AvgIpc) is 2.83. The van der Waals surface area contributed by atoms with Crippen molar-refractivity contribution in [3.05, 3.63) is 33.3 Å². The largest absolute Gasteiger partial charge is 0.391 e. The standard InChI is InChI=1S/C16H22Cl2N2O2/c1-16(2,3)13(21)8-19-15(22)20-12-7-5-10-9(12)4-6-11(17)14(10)18/h4,6,12-13,21H,5,7-8H2,1-3H3,(H2,19,20,22). The van der Waals surface area contributed by atoms with Gasteiger partial charge in [-0.05, 0) is 35.4 Å². The second kappa shape index (κ2) is 6.65. The third kappa shape index (κ3) is 3.86. The van der Waals surface area contributed by atoms with Gasteiger partial charge in [0, 0.05) is 6.54 Å². The zero-order valence-corrected chi connectivity index (χ0v) is 14.6.